The maximum absolute atomic E-state index is 12.9. The number of nitrogens with one attached hydrogen (secondary N) is 2. The van der Waals surface area contributed by atoms with E-state index in [-0.39, 0.29) is 23.7 Å². The van der Waals surface area contributed by atoms with E-state index in [0.29, 0.717) is 0 Å². The van der Waals surface area contributed by atoms with Crippen LogP contribution in [-0.2, 0) is 6.42 Å². The Labute approximate surface area is 145 Å². The van der Waals surface area contributed by atoms with Crippen LogP contribution in [-0.4, -0.2) is 21.8 Å². The van der Waals surface area contributed by atoms with Gasteiger partial charge in [-0.05, 0) is 30.5 Å². The zero-order chi connectivity index (χ0) is 16.7. The van der Waals surface area contributed by atoms with E-state index in [4.69, 9.17) is 0 Å². The van der Waals surface area contributed by atoms with Gasteiger partial charge in [0.25, 0.3) is 11.8 Å². The Morgan fingerprint density at radius 3 is 2.50 bits per heavy atom. The molecule has 2 rings (SSSR count). The summed E-state index contributed by atoms with van der Waals surface area (Å²) in [5.74, 6) is -1.96. The van der Waals surface area contributed by atoms with Gasteiger partial charge >= 0.3 is 0 Å². The standard InChI is InChI=1S/C16H17FN4O2.ClH/c1-2-3-4-11-5-6-13(19-10-11)16(23)21-20-15(22)12-7-8-18-14(17)9-12;/h5-10H,2-4H2,1H3,(H,20,22)(H,21,23);1H. The average molecular weight is 353 g/mol. The summed E-state index contributed by atoms with van der Waals surface area (Å²) in [7, 11) is 0. The molecule has 2 heterocycles. The molecule has 24 heavy (non-hydrogen) atoms. The van der Waals surface area contributed by atoms with Gasteiger partial charge in [-0.3, -0.25) is 25.4 Å². The van der Waals surface area contributed by atoms with Gasteiger partial charge in [-0.1, -0.05) is 19.4 Å². The van der Waals surface area contributed by atoms with Crippen LogP contribution in [0.25, 0.3) is 0 Å². The normalized spacial score (nSPS) is 9.75. The zero-order valence-corrected chi connectivity index (χ0v) is 13.9. The predicted molar refractivity (Wildman–Crippen MR) is 89.2 cm³/mol. The molecule has 0 bridgehead atoms. The highest BCUT2D eigenvalue weighted by atomic mass is 35.5. The van der Waals surface area contributed by atoms with Crippen molar-refractivity contribution < 1.29 is 14.0 Å². The molecule has 2 N–H and O–H groups in total. The van der Waals surface area contributed by atoms with Gasteiger partial charge in [0.2, 0.25) is 5.95 Å². The third-order valence-corrected chi connectivity index (χ3v) is 3.15. The van der Waals surface area contributed by atoms with E-state index in [0.717, 1.165) is 30.9 Å². The summed E-state index contributed by atoms with van der Waals surface area (Å²) in [4.78, 5) is 31.1. The summed E-state index contributed by atoms with van der Waals surface area (Å²) in [6.07, 6.45) is 5.87. The minimum Gasteiger partial charge on any atom is -0.267 e. The number of amides is 2. The van der Waals surface area contributed by atoms with Gasteiger partial charge in [0.1, 0.15) is 5.69 Å². The number of unbranched alkanes of at least 4 members (excludes halogenated alkanes) is 1. The lowest BCUT2D eigenvalue weighted by atomic mass is 10.1. The van der Waals surface area contributed by atoms with Gasteiger partial charge in [-0.2, -0.15) is 4.39 Å². The molecule has 0 radical (unpaired) electrons. The highest BCUT2D eigenvalue weighted by molar-refractivity contribution is 5.98. The summed E-state index contributed by atoms with van der Waals surface area (Å²) in [5, 5.41) is 0. The summed E-state index contributed by atoms with van der Waals surface area (Å²) in [5.41, 5.74) is 5.73. The molecule has 2 amide bonds. The smallest absolute Gasteiger partial charge is 0.267 e. The van der Waals surface area contributed by atoms with Crippen molar-refractivity contribution in [3.05, 3.63) is 59.4 Å². The van der Waals surface area contributed by atoms with Crippen LogP contribution in [0, 0.1) is 5.95 Å². The van der Waals surface area contributed by atoms with E-state index in [1.54, 1.807) is 12.3 Å². The number of hydrazine groups is 1. The van der Waals surface area contributed by atoms with Crippen molar-refractivity contribution in [3.63, 3.8) is 0 Å². The Hall–Kier alpha value is -2.54. The van der Waals surface area contributed by atoms with Gasteiger partial charge < -0.3 is 0 Å². The van der Waals surface area contributed by atoms with Crippen LogP contribution >= 0.6 is 12.4 Å². The first-order chi connectivity index (χ1) is 11.1. The highest BCUT2D eigenvalue weighted by Crippen LogP contribution is 2.05. The lowest BCUT2D eigenvalue weighted by Gasteiger charge is -2.07. The molecule has 0 aliphatic carbocycles. The molecule has 0 saturated heterocycles. The SMILES string of the molecule is CCCCc1ccc(C(=O)NNC(=O)c2ccnc(F)c2)nc1.Cl. The van der Waals surface area contributed by atoms with Crippen LogP contribution in [0.2, 0.25) is 0 Å². The number of aromatic nitrogens is 2. The van der Waals surface area contributed by atoms with Crippen LogP contribution < -0.4 is 10.9 Å². The number of aryl methyl sites for hydroxylation is 1. The lowest BCUT2D eigenvalue weighted by molar-refractivity contribution is 0.0843. The molecule has 0 spiro atoms. The van der Waals surface area contributed by atoms with Crippen LogP contribution in [0.3, 0.4) is 0 Å². The second-order valence-corrected chi connectivity index (χ2v) is 4.93. The molecular weight excluding hydrogens is 335 g/mol. The maximum Gasteiger partial charge on any atom is 0.288 e. The molecule has 0 aromatic carbocycles. The molecule has 0 unspecified atom stereocenters. The van der Waals surface area contributed by atoms with E-state index in [1.165, 1.54) is 12.3 Å². The molecule has 2 aromatic heterocycles. The Balaban J connectivity index is 0.00000288. The van der Waals surface area contributed by atoms with Gasteiger partial charge in [0.05, 0.1) is 0 Å². The fourth-order valence-electron chi connectivity index (χ4n) is 1.88. The number of hydrogen-bond acceptors (Lipinski definition) is 4. The van der Waals surface area contributed by atoms with Gasteiger partial charge in [0, 0.05) is 24.0 Å². The zero-order valence-electron chi connectivity index (χ0n) is 13.1. The fraction of sp³-hybridized carbons (Fsp3) is 0.250. The van der Waals surface area contributed by atoms with Crippen LogP contribution in [0.15, 0.2) is 36.7 Å². The molecule has 0 aliphatic rings. The lowest BCUT2D eigenvalue weighted by Crippen LogP contribution is -2.42. The number of rotatable bonds is 5. The molecule has 8 heteroatoms. The molecule has 0 fully saturated rings. The van der Waals surface area contributed by atoms with E-state index in [9.17, 15) is 14.0 Å². The van der Waals surface area contributed by atoms with Gasteiger partial charge in [0.15, 0.2) is 0 Å². The van der Waals surface area contributed by atoms with E-state index >= 15 is 0 Å². The predicted octanol–water partition coefficient (Wildman–Crippen LogP) is 2.45. The van der Waals surface area contributed by atoms with Crippen molar-refractivity contribution in [2.24, 2.45) is 0 Å². The van der Waals surface area contributed by atoms with E-state index < -0.39 is 17.8 Å². The highest BCUT2D eigenvalue weighted by Gasteiger charge is 2.11. The summed E-state index contributed by atoms with van der Waals surface area (Å²) in [6, 6.07) is 5.74. The molecule has 128 valence electrons. The Morgan fingerprint density at radius 2 is 1.88 bits per heavy atom. The quantitative estimate of drug-likeness (QED) is 0.639. The molecule has 6 nitrogen and oxygen atoms in total. The molecule has 0 atom stereocenters. The Bertz CT molecular complexity index is 695. The molecule has 0 saturated carbocycles. The summed E-state index contributed by atoms with van der Waals surface area (Å²) in [6.45, 7) is 2.10. The second-order valence-electron chi connectivity index (χ2n) is 4.93. The summed E-state index contributed by atoms with van der Waals surface area (Å²) < 4.78 is 12.9. The second kappa shape index (κ2) is 9.57. The molecule has 2 aromatic rings. The monoisotopic (exact) mass is 352 g/mol. The first-order valence-electron chi connectivity index (χ1n) is 7.27. The molecule has 0 aliphatic heterocycles. The number of pyridine rings is 2. The van der Waals surface area contributed by atoms with E-state index in [1.807, 2.05) is 6.07 Å². The number of carbonyl (C=O) groups excluding carboxylic acids is 2. The Morgan fingerprint density at radius 1 is 1.12 bits per heavy atom. The minimum absolute atomic E-state index is 0. The van der Waals surface area contributed by atoms with Crippen molar-refractivity contribution >= 4 is 24.2 Å². The van der Waals surface area contributed by atoms with Gasteiger partial charge in [-0.15, -0.1) is 12.4 Å². The van der Waals surface area contributed by atoms with Crippen molar-refractivity contribution in [1.82, 2.24) is 20.8 Å². The van der Waals surface area contributed by atoms with E-state index in [2.05, 4.69) is 27.7 Å². The fourth-order valence-corrected chi connectivity index (χ4v) is 1.88. The average Bonchev–Trinajstić information content (AvgIpc) is 2.58. The number of hydrogen-bond donors (Lipinski definition) is 2. The van der Waals surface area contributed by atoms with Crippen molar-refractivity contribution in [3.8, 4) is 0 Å². The minimum atomic E-state index is -0.770. The number of nitrogens with zero attached hydrogens (tertiary/aromatic N) is 2. The first kappa shape index (κ1) is 19.5. The maximum atomic E-state index is 12.9. The summed E-state index contributed by atoms with van der Waals surface area (Å²) >= 11 is 0. The molecular formula is C16H18ClFN4O2. The number of halogens is 2. The van der Waals surface area contributed by atoms with Crippen LogP contribution in [0.4, 0.5) is 4.39 Å². The topological polar surface area (TPSA) is 84.0 Å². The third-order valence-electron chi connectivity index (χ3n) is 3.15. The number of carbonyl (C=O) groups is 2. The van der Waals surface area contributed by atoms with Crippen LogP contribution in [0.1, 0.15) is 46.2 Å². The van der Waals surface area contributed by atoms with Crippen molar-refractivity contribution in [2.45, 2.75) is 26.2 Å². The van der Waals surface area contributed by atoms with Gasteiger partial charge in [-0.25, -0.2) is 4.98 Å². The largest absolute Gasteiger partial charge is 0.288 e. The first-order valence-corrected chi connectivity index (χ1v) is 7.27. The van der Waals surface area contributed by atoms with Crippen molar-refractivity contribution in [2.75, 3.05) is 0 Å². The third kappa shape index (κ3) is 5.58. The Kier molecular flexibility index (Phi) is 7.77. The van der Waals surface area contributed by atoms with Crippen LogP contribution in [0.5, 0.6) is 0 Å². The van der Waals surface area contributed by atoms with Crippen molar-refractivity contribution in [1.29, 1.82) is 0 Å².